The Kier molecular flexibility index (Phi) is 10.4. The highest BCUT2D eigenvalue weighted by Crippen LogP contribution is 2.42. The molecule has 0 fully saturated rings. The summed E-state index contributed by atoms with van der Waals surface area (Å²) in [5.41, 5.74) is 17.4. The van der Waals surface area contributed by atoms with Gasteiger partial charge in [-0.15, -0.1) is 0 Å². The summed E-state index contributed by atoms with van der Waals surface area (Å²) in [7, 11) is 0. The molecule has 11 aromatic rings. The highest BCUT2D eigenvalue weighted by atomic mass is 15.0. The molecule has 2 aromatic heterocycles. The Labute approximate surface area is 395 Å². The van der Waals surface area contributed by atoms with Gasteiger partial charge in [0.2, 0.25) is 0 Å². The van der Waals surface area contributed by atoms with Crippen molar-refractivity contribution in [3.05, 3.63) is 270 Å². The van der Waals surface area contributed by atoms with E-state index < -0.39 is 0 Å². The van der Waals surface area contributed by atoms with Crippen molar-refractivity contribution < 1.29 is 0 Å². The highest BCUT2D eigenvalue weighted by molar-refractivity contribution is 6.09. The van der Waals surface area contributed by atoms with Crippen LogP contribution < -0.4 is 5.32 Å². The first-order valence-electron chi connectivity index (χ1n) is 23.1. The number of benzene rings is 9. The van der Waals surface area contributed by atoms with Crippen molar-refractivity contribution in [2.45, 2.75) is 12.0 Å². The number of nitrogens with zero attached hydrogens (tertiary/aromatic N) is 3. The maximum absolute atomic E-state index is 9.68. The van der Waals surface area contributed by atoms with Crippen molar-refractivity contribution in [3.8, 4) is 50.7 Å². The molecule has 2 atom stereocenters. The third kappa shape index (κ3) is 7.56. The van der Waals surface area contributed by atoms with Gasteiger partial charge < -0.3 is 15.3 Å². The van der Waals surface area contributed by atoms with Crippen molar-refractivity contribution in [3.63, 3.8) is 0 Å². The van der Waals surface area contributed by atoms with E-state index in [-0.39, 0.29) is 12.0 Å². The van der Waals surface area contributed by atoms with E-state index in [0.717, 1.165) is 78.4 Å². The Balaban J connectivity index is 0.905. The summed E-state index contributed by atoms with van der Waals surface area (Å²) in [6.45, 7) is 0. The fourth-order valence-electron chi connectivity index (χ4n) is 9.91. The molecule has 0 radical (unpaired) electrons. The molecule has 0 saturated carbocycles. The summed E-state index contributed by atoms with van der Waals surface area (Å²) in [6.07, 6.45) is 2.26. The minimum atomic E-state index is -0.244. The summed E-state index contributed by atoms with van der Waals surface area (Å²) in [5, 5.41) is 16.1. The zero-order valence-electron chi connectivity index (χ0n) is 37.2. The summed E-state index contributed by atoms with van der Waals surface area (Å²) in [4.78, 5) is 10.3. The molecule has 0 bridgehead atoms. The Morgan fingerprint density at radius 3 is 1.57 bits per heavy atom. The lowest BCUT2D eigenvalue weighted by atomic mass is 9.77. The molecule has 5 heteroatoms. The Bertz CT molecular complexity index is 3580. The first-order valence-corrected chi connectivity index (χ1v) is 23.1. The van der Waals surface area contributed by atoms with Crippen LogP contribution in [0.5, 0.6) is 0 Å². The van der Waals surface area contributed by atoms with E-state index in [4.69, 9.17) is 9.97 Å². The molecule has 0 saturated heterocycles. The Hall–Kier alpha value is -8.93. The number of fused-ring (bicyclic) bond motifs is 4. The van der Waals surface area contributed by atoms with Crippen molar-refractivity contribution >= 4 is 39.3 Å². The number of hydrogen-bond donors (Lipinski definition) is 2. The van der Waals surface area contributed by atoms with E-state index >= 15 is 0 Å². The highest BCUT2D eigenvalue weighted by Gasteiger charge is 2.33. The van der Waals surface area contributed by atoms with Crippen LogP contribution in [0.1, 0.15) is 39.8 Å². The summed E-state index contributed by atoms with van der Waals surface area (Å²) in [6, 6.07) is 84.6. The van der Waals surface area contributed by atoms with E-state index in [1.807, 2.05) is 60.7 Å². The van der Waals surface area contributed by atoms with Gasteiger partial charge in [-0.1, -0.05) is 206 Å². The van der Waals surface area contributed by atoms with Gasteiger partial charge in [0.1, 0.15) is 0 Å². The molecule has 5 nitrogen and oxygen atoms in total. The second-order valence-corrected chi connectivity index (χ2v) is 17.4. The minimum Gasteiger partial charge on any atom is -0.377 e. The first kappa shape index (κ1) is 40.6. The molecule has 0 amide bonds. The smallest absolute Gasteiger partial charge is 0.160 e. The van der Waals surface area contributed by atoms with Crippen LogP contribution in [0.25, 0.3) is 84.3 Å². The summed E-state index contributed by atoms with van der Waals surface area (Å²) < 4.78 is 2.34. The molecule has 2 N–H and O–H groups in total. The van der Waals surface area contributed by atoms with Gasteiger partial charge in [0.15, 0.2) is 5.82 Å². The van der Waals surface area contributed by atoms with Gasteiger partial charge in [0, 0.05) is 44.6 Å². The molecular weight excluding hydrogens is 827 g/mol. The second kappa shape index (κ2) is 17.5. The Morgan fingerprint density at radius 2 is 0.956 bits per heavy atom. The molecular formula is C63H45N5. The van der Waals surface area contributed by atoms with E-state index in [1.54, 1.807) is 0 Å². The fourth-order valence-corrected chi connectivity index (χ4v) is 9.91. The standard InChI is InChI=1S/C63H45N5/c64-61(47-21-9-3-10-22-47)60(46-19-7-2-8-20-46)62-52-38-35-49(39-50(52)40-55(65-62)43-17-5-1-6-18-43)42-29-31-44(32-30-42)56-41-57(67-63(66-56)48-23-11-4-12-24-48)45-33-36-51(37-34-45)68-58-27-15-13-25-53(58)54-26-14-16-28-59(54)68/h1-41,60,62,64-65H. The molecule has 322 valence electrons. The molecule has 9 aromatic carbocycles. The molecule has 3 heterocycles. The molecule has 1 aliphatic rings. The van der Waals surface area contributed by atoms with E-state index in [0.29, 0.717) is 11.5 Å². The quantitative estimate of drug-likeness (QED) is 0.135. The predicted molar refractivity (Wildman–Crippen MR) is 281 cm³/mol. The zero-order chi connectivity index (χ0) is 45.4. The molecule has 1 aliphatic heterocycles. The predicted octanol–water partition coefficient (Wildman–Crippen LogP) is 15.2. The van der Waals surface area contributed by atoms with Crippen LogP contribution in [0.2, 0.25) is 0 Å². The molecule has 0 spiro atoms. The largest absolute Gasteiger partial charge is 0.377 e. The lowest BCUT2D eigenvalue weighted by Crippen LogP contribution is -2.33. The molecule has 2 unspecified atom stereocenters. The van der Waals surface area contributed by atoms with Gasteiger partial charge >= 0.3 is 0 Å². The monoisotopic (exact) mass is 871 g/mol. The first-order chi connectivity index (χ1) is 33.6. The average molecular weight is 872 g/mol. The minimum absolute atomic E-state index is 0.188. The number of rotatable bonds is 10. The average Bonchev–Trinajstić information content (AvgIpc) is 3.76. The van der Waals surface area contributed by atoms with Crippen LogP contribution in [-0.4, -0.2) is 20.2 Å². The van der Waals surface area contributed by atoms with Gasteiger partial charge in [-0.3, -0.25) is 0 Å². The van der Waals surface area contributed by atoms with E-state index in [2.05, 4.69) is 198 Å². The van der Waals surface area contributed by atoms with Crippen molar-refractivity contribution in [1.29, 1.82) is 5.41 Å². The van der Waals surface area contributed by atoms with Crippen LogP contribution in [0, 0.1) is 5.41 Å². The number of hydrogen-bond acceptors (Lipinski definition) is 4. The van der Waals surface area contributed by atoms with Crippen LogP contribution in [0.3, 0.4) is 0 Å². The van der Waals surface area contributed by atoms with Gasteiger partial charge in [-0.2, -0.15) is 0 Å². The summed E-state index contributed by atoms with van der Waals surface area (Å²) in [5.74, 6) is 0.438. The summed E-state index contributed by atoms with van der Waals surface area (Å²) >= 11 is 0. The maximum Gasteiger partial charge on any atom is 0.160 e. The Morgan fingerprint density at radius 1 is 0.456 bits per heavy atom. The van der Waals surface area contributed by atoms with Gasteiger partial charge in [0.25, 0.3) is 0 Å². The van der Waals surface area contributed by atoms with Gasteiger partial charge in [-0.25, -0.2) is 9.97 Å². The lowest BCUT2D eigenvalue weighted by molar-refractivity contribution is 0.588. The maximum atomic E-state index is 9.68. The van der Waals surface area contributed by atoms with E-state index in [1.165, 1.54) is 21.8 Å². The molecule has 12 rings (SSSR count). The SMILES string of the molecule is N=C(c1ccccc1)C(c1ccccc1)C1NC(c2ccccc2)=Cc2cc(-c3ccc(-c4cc(-c5ccc(-n6c7ccccc7c7ccccc76)cc5)nc(-c5ccccc5)n4)cc3)ccc21. The van der Waals surface area contributed by atoms with Crippen molar-refractivity contribution in [1.82, 2.24) is 19.9 Å². The third-order valence-electron chi connectivity index (χ3n) is 13.3. The van der Waals surface area contributed by atoms with Crippen molar-refractivity contribution in [2.24, 2.45) is 0 Å². The number of aromatic nitrogens is 3. The number of nitrogens with one attached hydrogen (secondary N) is 2. The number of para-hydroxylation sites is 2. The van der Waals surface area contributed by atoms with Gasteiger partial charge in [-0.05, 0) is 81.4 Å². The zero-order valence-corrected chi connectivity index (χ0v) is 37.2. The third-order valence-corrected chi connectivity index (χ3v) is 13.3. The lowest BCUT2D eigenvalue weighted by Gasteiger charge is -2.35. The van der Waals surface area contributed by atoms with Crippen LogP contribution in [0.15, 0.2) is 243 Å². The second-order valence-electron chi connectivity index (χ2n) is 17.4. The molecule has 68 heavy (non-hydrogen) atoms. The van der Waals surface area contributed by atoms with Gasteiger partial charge in [0.05, 0.1) is 34.4 Å². The van der Waals surface area contributed by atoms with Crippen molar-refractivity contribution in [2.75, 3.05) is 0 Å². The van der Waals surface area contributed by atoms with Crippen LogP contribution >= 0.6 is 0 Å². The van der Waals surface area contributed by atoms with Crippen LogP contribution in [0.4, 0.5) is 0 Å². The van der Waals surface area contributed by atoms with E-state index in [9.17, 15) is 5.41 Å². The topological polar surface area (TPSA) is 66.6 Å². The molecule has 0 aliphatic carbocycles. The fraction of sp³-hybridized carbons (Fsp3) is 0.0317. The normalized spacial score (nSPS) is 13.6. The van der Waals surface area contributed by atoms with Crippen LogP contribution in [-0.2, 0) is 0 Å².